The lowest BCUT2D eigenvalue weighted by Crippen LogP contribution is -2.41. The number of piperidine rings is 1. The van der Waals surface area contributed by atoms with Gasteiger partial charge in [0, 0.05) is 36.2 Å². The van der Waals surface area contributed by atoms with Crippen molar-refractivity contribution in [1.82, 2.24) is 10.2 Å². The van der Waals surface area contributed by atoms with Crippen LogP contribution in [-0.2, 0) is 0 Å². The zero-order chi connectivity index (χ0) is 20.8. The van der Waals surface area contributed by atoms with Crippen LogP contribution in [0, 0.1) is 11.7 Å². The summed E-state index contributed by atoms with van der Waals surface area (Å²) in [5.74, 6) is 0.253. The molecule has 29 heavy (non-hydrogen) atoms. The third kappa shape index (κ3) is 5.79. The predicted molar refractivity (Wildman–Crippen MR) is 110 cm³/mol. The summed E-state index contributed by atoms with van der Waals surface area (Å²) in [6.45, 7) is 5.59. The largest absolute Gasteiger partial charge is 0.493 e. The number of hydrogen-bond donors (Lipinski definition) is 1. The van der Waals surface area contributed by atoms with Crippen LogP contribution in [0.1, 0.15) is 47.4 Å². The number of benzene rings is 2. The molecule has 2 aromatic carbocycles. The SMILES string of the molecule is CC(C)NC(=O)c1ccc(OCC2CCCN(C(=O)c3cccc(F)c3)C2)cc1. The maximum Gasteiger partial charge on any atom is 0.253 e. The fourth-order valence-corrected chi connectivity index (χ4v) is 3.45. The fourth-order valence-electron chi connectivity index (χ4n) is 3.45. The Kier molecular flexibility index (Phi) is 6.86. The molecule has 154 valence electrons. The molecule has 0 aromatic heterocycles. The van der Waals surface area contributed by atoms with E-state index in [4.69, 9.17) is 4.74 Å². The quantitative estimate of drug-likeness (QED) is 0.803. The van der Waals surface area contributed by atoms with Crippen molar-refractivity contribution in [3.05, 3.63) is 65.5 Å². The van der Waals surface area contributed by atoms with Gasteiger partial charge in [-0.25, -0.2) is 4.39 Å². The number of nitrogens with zero attached hydrogens (tertiary/aromatic N) is 1. The van der Waals surface area contributed by atoms with Crippen molar-refractivity contribution in [1.29, 1.82) is 0 Å². The molecule has 1 saturated heterocycles. The van der Waals surface area contributed by atoms with Crippen molar-refractivity contribution in [2.24, 2.45) is 5.92 Å². The first-order chi connectivity index (χ1) is 13.9. The van der Waals surface area contributed by atoms with E-state index in [1.165, 1.54) is 12.1 Å². The molecular weight excluding hydrogens is 371 g/mol. The molecule has 0 bridgehead atoms. The summed E-state index contributed by atoms with van der Waals surface area (Å²) >= 11 is 0. The number of ether oxygens (including phenoxy) is 1. The van der Waals surface area contributed by atoms with Crippen molar-refractivity contribution >= 4 is 11.8 Å². The highest BCUT2D eigenvalue weighted by Gasteiger charge is 2.25. The number of nitrogens with one attached hydrogen (secondary N) is 1. The summed E-state index contributed by atoms with van der Waals surface area (Å²) < 4.78 is 19.3. The Balaban J connectivity index is 1.53. The van der Waals surface area contributed by atoms with Gasteiger partial charge in [-0.3, -0.25) is 9.59 Å². The van der Waals surface area contributed by atoms with Crippen LogP contribution < -0.4 is 10.1 Å². The van der Waals surface area contributed by atoms with Crippen molar-refractivity contribution in [3.8, 4) is 5.75 Å². The Morgan fingerprint density at radius 3 is 2.62 bits per heavy atom. The molecule has 1 N–H and O–H groups in total. The molecule has 6 heteroatoms. The first-order valence-corrected chi connectivity index (χ1v) is 10.0. The Morgan fingerprint density at radius 1 is 1.17 bits per heavy atom. The molecule has 0 radical (unpaired) electrons. The van der Waals surface area contributed by atoms with E-state index in [9.17, 15) is 14.0 Å². The molecule has 1 unspecified atom stereocenters. The number of carbonyl (C=O) groups excluding carboxylic acids is 2. The third-order valence-corrected chi connectivity index (χ3v) is 4.90. The molecular formula is C23H27FN2O3. The first kappa shape index (κ1) is 20.8. The van der Waals surface area contributed by atoms with E-state index in [0.29, 0.717) is 36.6 Å². The van der Waals surface area contributed by atoms with Gasteiger partial charge in [0.05, 0.1) is 6.61 Å². The summed E-state index contributed by atoms with van der Waals surface area (Å²) in [6.07, 6.45) is 1.87. The molecule has 0 aliphatic carbocycles. The smallest absolute Gasteiger partial charge is 0.253 e. The summed E-state index contributed by atoms with van der Waals surface area (Å²) in [7, 11) is 0. The van der Waals surface area contributed by atoms with Crippen LogP contribution in [0.25, 0.3) is 0 Å². The Labute approximate surface area is 170 Å². The van der Waals surface area contributed by atoms with Crippen molar-refractivity contribution in [2.45, 2.75) is 32.7 Å². The lowest BCUT2D eigenvalue weighted by molar-refractivity contribution is 0.0633. The second-order valence-electron chi connectivity index (χ2n) is 7.73. The van der Waals surface area contributed by atoms with Crippen molar-refractivity contribution < 1.29 is 18.7 Å². The van der Waals surface area contributed by atoms with Crippen LogP contribution in [0.4, 0.5) is 4.39 Å². The molecule has 1 heterocycles. The first-order valence-electron chi connectivity index (χ1n) is 10.0. The van der Waals surface area contributed by atoms with E-state index in [0.717, 1.165) is 12.8 Å². The van der Waals surface area contributed by atoms with Gasteiger partial charge in [0.25, 0.3) is 11.8 Å². The van der Waals surface area contributed by atoms with Gasteiger partial charge in [0.2, 0.25) is 0 Å². The van der Waals surface area contributed by atoms with Crippen molar-refractivity contribution in [2.75, 3.05) is 19.7 Å². The molecule has 2 aromatic rings. The van der Waals surface area contributed by atoms with Gasteiger partial charge in [-0.05, 0) is 69.2 Å². The van der Waals surface area contributed by atoms with E-state index in [-0.39, 0.29) is 23.8 Å². The molecule has 0 spiro atoms. The third-order valence-electron chi connectivity index (χ3n) is 4.90. The average Bonchev–Trinajstić information content (AvgIpc) is 2.72. The van der Waals surface area contributed by atoms with Crippen LogP contribution >= 0.6 is 0 Å². The Bertz CT molecular complexity index is 851. The van der Waals surface area contributed by atoms with Crippen LogP contribution in [0.2, 0.25) is 0 Å². The van der Waals surface area contributed by atoms with E-state index in [1.54, 1.807) is 41.3 Å². The molecule has 1 atom stereocenters. The standard InChI is InChI=1S/C23H27FN2O3/c1-16(2)25-22(27)18-8-10-21(11-9-18)29-15-17-5-4-12-26(14-17)23(28)19-6-3-7-20(24)13-19/h3,6-11,13,16-17H,4-5,12,14-15H2,1-2H3,(H,25,27). The zero-order valence-electron chi connectivity index (χ0n) is 16.9. The highest BCUT2D eigenvalue weighted by atomic mass is 19.1. The van der Waals surface area contributed by atoms with E-state index in [2.05, 4.69) is 5.32 Å². The molecule has 5 nitrogen and oxygen atoms in total. The van der Waals surface area contributed by atoms with Gasteiger partial charge in [-0.1, -0.05) is 6.07 Å². The lowest BCUT2D eigenvalue weighted by Gasteiger charge is -2.32. The van der Waals surface area contributed by atoms with Crippen LogP contribution in [-0.4, -0.2) is 42.5 Å². The average molecular weight is 398 g/mol. The number of likely N-dealkylation sites (tertiary alicyclic amines) is 1. The van der Waals surface area contributed by atoms with Gasteiger partial charge in [-0.2, -0.15) is 0 Å². The van der Waals surface area contributed by atoms with Gasteiger partial charge in [-0.15, -0.1) is 0 Å². The molecule has 1 aliphatic heterocycles. The number of amides is 2. The highest BCUT2D eigenvalue weighted by molar-refractivity contribution is 5.94. The van der Waals surface area contributed by atoms with Gasteiger partial charge < -0.3 is 15.0 Å². The van der Waals surface area contributed by atoms with Crippen LogP contribution in [0.15, 0.2) is 48.5 Å². The fraction of sp³-hybridized carbons (Fsp3) is 0.391. The second-order valence-corrected chi connectivity index (χ2v) is 7.73. The molecule has 1 aliphatic rings. The summed E-state index contributed by atoms with van der Waals surface area (Å²) in [5.41, 5.74) is 0.970. The minimum Gasteiger partial charge on any atom is -0.493 e. The van der Waals surface area contributed by atoms with Crippen LogP contribution in [0.5, 0.6) is 5.75 Å². The maximum atomic E-state index is 13.4. The summed E-state index contributed by atoms with van der Waals surface area (Å²) in [6, 6.07) is 13.0. The van der Waals surface area contributed by atoms with Gasteiger partial charge in [0.15, 0.2) is 0 Å². The zero-order valence-corrected chi connectivity index (χ0v) is 16.9. The monoisotopic (exact) mass is 398 g/mol. The second kappa shape index (κ2) is 9.54. The maximum absolute atomic E-state index is 13.4. The predicted octanol–water partition coefficient (Wildman–Crippen LogP) is 3.90. The summed E-state index contributed by atoms with van der Waals surface area (Å²) in [4.78, 5) is 26.4. The normalized spacial score (nSPS) is 16.6. The van der Waals surface area contributed by atoms with Gasteiger partial charge >= 0.3 is 0 Å². The van der Waals surface area contributed by atoms with Crippen molar-refractivity contribution in [3.63, 3.8) is 0 Å². The summed E-state index contributed by atoms with van der Waals surface area (Å²) in [5, 5.41) is 2.85. The van der Waals surface area contributed by atoms with E-state index >= 15 is 0 Å². The minimum atomic E-state index is -0.404. The molecule has 0 saturated carbocycles. The number of hydrogen-bond acceptors (Lipinski definition) is 3. The Morgan fingerprint density at radius 2 is 1.93 bits per heavy atom. The molecule has 2 amide bonds. The number of halogens is 1. The number of rotatable bonds is 6. The number of carbonyl (C=O) groups is 2. The highest BCUT2D eigenvalue weighted by Crippen LogP contribution is 2.21. The topological polar surface area (TPSA) is 58.6 Å². The molecule has 1 fully saturated rings. The van der Waals surface area contributed by atoms with E-state index in [1.807, 2.05) is 13.8 Å². The minimum absolute atomic E-state index is 0.0859. The molecule has 3 rings (SSSR count). The Hall–Kier alpha value is -2.89. The van der Waals surface area contributed by atoms with Crippen LogP contribution in [0.3, 0.4) is 0 Å². The van der Waals surface area contributed by atoms with Gasteiger partial charge in [0.1, 0.15) is 11.6 Å². The van der Waals surface area contributed by atoms with E-state index < -0.39 is 5.82 Å². The lowest BCUT2D eigenvalue weighted by atomic mass is 9.98.